The molecule has 78 valence electrons. The van der Waals surface area contributed by atoms with Crippen LogP contribution in [-0.2, 0) is 0 Å². The fraction of sp³-hybridized carbons (Fsp3) is 0.222. The van der Waals surface area contributed by atoms with Crippen molar-refractivity contribution in [2.75, 3.05) is 17.2 Å². The summed E-state index contributed by atoms with van der Waals surface area (Å²) < 4.78 is 0. The number of anilines is 1. The highest BCUT2D eigenvalue weighted by molar-refractivity contribution is 8.14. The van der Waals surface area contributed by atoms with E-state index in [0.717, 1.165) is 18.0 Å². The topological polar surface area (TPSA) is 70.2 Å². The lowest BCUT2D eigenvalue weighted by Gasteiger charge is -2.15. The van der Waals surface area contributed by atoms with Crippen molar-refractivity contribution in [1.82, 2.24) is 0 Å². The molecule has 0 spiro atoms. The van der Waals surface area contributed by atoms with E-state index in [0.29, 0.717) is 5.17 Å². The van der Waals surface area contributed by atoms with Gasteiger partial charge in [-0.1, -0.05) is 11.8 Å². The molecule has 1 aromatic rings. The summed E-state index contributed by atoms with van der Waals surface area (Å²) in [5.74, 6) is 0.899. The predicted octanol–water partition coefficient (Wildman–Crippen LogP) is 2.08. The van der Waals surface area contributed by atoms with Crippen LogP contribution in [-0.4, -0.2) is 22.4 Å². The lowest BCUT2D eigenvalue weighted by atomic mass is 10.2. The van der Waals surface area contributed by atoms with Gasteiger partial charge in [-0.05, 0) is 12.1 Å². The molecule has 1 aliphatic rings. The molecule has 1 heterocycles. The Morgan fingerprint density at radius 3 is 2.53 bits per heavy atom. The fourth-order valence-electron chi connectivity index (χ4n) is 1.41. The number of nitro benzene ring substituents is 1. The summed E-state index contributed by atoms with van der Waals surface area (Å²) in [7, 11) is 0. The number of thioether (sulfide) groups is 1. The van der Waals surface area contributed by atoms with E-state index in [1.54, 1.807) is 12.1 Å². The molecule has 6 heteroatoms. The molecule has 0 unspecified atom stereocenters. The predicted molar refractivity (Wildman–Crippen MR) is 60.6 cm³/mol. The van der Waals surface area contributed by atoms with Crippen LogP contribution in [0, 0.1) is 15.5 Å². The minimum atomic E-state index is -0.423. The van der Waals surface area contributed by atoms with Crippen LogP contribution in [0.25, 0.3) is 0 Å². The number of benzene rings is 1. The second kappa shape index (κ2) is 3.90. The molecule has 1 aliphatic heterocycles. The fourth-order valence-corrected chi connectivity index (χ4v) is 2.23. The van der Waals surface area contributed by atoms with Crippen LogP contribution in [0.5, 0.6) is 0 Å². The number of rotatable bonds is 2. The molecule has 1 N–H and O–H groups in total. The lowest BCUT2D eigenvalue weighted by molar-refractivity contribution is -0.384. The van der Waals surface area contributed by atoms with Gasteiger partial charge in [-0.25, -0.2) is 0 Å². The number of amidine groups is 1. The van der Waals surface area contributed by atoms with Crippen molar-refractivity contribution in [2.45, 2.75) is 0 Å². The second-order valence-electron chi connectivity index (χ2n) is 3.08. The molecule has 0 aliphatic carbocycles. The molecule has 1 aromatic carbocycles. The number of non-ortho nitro benzene ring substituents is 1. The maximum absolute atomic E-state index is 10.4. The first-order chi connectivity index (χ1) is 7.18. The van der Waals surface area contributed by atoms with Crippen molar-refractivity contribution < 1.29 is 4.92 Å². The number of nitrogens with one attached hydrogen (secondary N) is 1. The normalized spacial score (nSPS) is 15.7. The summed E-state index contributed by atoms with van der Waals surface area (Å²) in [6.45, 7) is 0.793. The Bertz CT molecular complexity index is 404. The van der Waals surface area contributed by atoms with E-state index < -0.39 is 4.92 Å². The zero-order valence-electron chi connectivity index (χ0n) is 7.84. The number of nitrogens with zero attached hydrogens (tertiary/aromatic N) is 2. The van der Waals surface area contributed by atoms with Crippen molar-refractivity contribution in [3.63, 3.8) is 0 Å². The first-order valence-electron chi connectivity index (χ1n) is 4.42. The Kier molecular flexibility index (Phi) is 2.59. The summed E-state index contributed by atoms with van der Waals surface area (Å²) in [5, 5.41) is 18.6. The van der Waals surface area contributed by atoms with Crippen LogP contribution in [0.15, 0.2) is 24.3 Å². The maximum Gasteiger partial charge on any atom is 0.269 e. The largest absolute Gasteiger partial charge is 0.321 e. The van der Waals surface area contributed by atoms with Gasteiger partial charge in [0.2, 0.25) is 0 Å². The van der Waals surface area contributed by atoms with Crippen molar-refractivity contribution in [2.24, 2.45) is 0 Å². The number of nitro groups is 1. The average molecular weight is 223 g/mol. The van der Waals surface area contributed by atoms with Crippen LogP contribution in [0.4, 0.5) is 11.4 Å². The molecule has 1 saturated heterocycles. The van der Waals surface area contributed by atoms with Gasteiger partial charge in [0, 0.05) is 30.1 Å². The molecular formula is C9H9N3O2S. The van der Waals surface area contributed by atoms with E-state index in [4.69, 9.17) is 5.41 Å². The summed E-state index contributed by atoms with van der Waals surface area (Å²) in [6.07, 6.45) is 0. The highest BCUT2D eigenvalue weighted by Crippen LogP contribution is 2.26. The Labute approximate surface area is 90.7 Å². The van der Waals surface area contributed by atoms with Gasteiger partial charge in [0.25, 0.3) is 5.69 Å². The van der Waals surface area contributed by atoms with Crippen LogP contribution < -0.4 is 4.90 Å². The molecule has 0 atom stereocenters. The van der Waals surface area contributed by atoms with Crippen molar-refractivity contribution >= 4 is 28.3 Å². The number of hydrogen-bond acceptors (Lipinski definition) is 4. The molecule has 2 rings (SSSR count). The standard InChI is InChI=1S/C9H9N3O2S/c10-9-11(5-6-15-9)7-1-3-8(4-2-7)12(13)14/h1-4,10H,5-6H2. The zero-order valence-corrected chi connectivity index (χ0v) is 8.66. The van der Waals surface area contributed by atoms with E-state index >= 15 is 0 Å². The summed E-state index contributed by atoms with van der Waals surface area (Å²) >= 11 is 1.49. The third-order valence-electron chi connectivity index (χ3n) is 2.17. The van der Waals surface area contributed by atoms with Gasteiger partial charge < -0.3 is 4.90 Å². The molecule has 1 fully saturated rings. The van der Waals surface area contributed by atoms with Gasteiger partial charge in [0.15, 0.2) is 5.17 Å². The Morgan fingerprint density at radius 1 is 1.40 bits per heavy atom. The van der Waals surface area contributed by atoms with Gasteiger partial charge >= 0.3 is 0 Å². The van der Waals surface area contributed by atoms with E-state index in [1.165, 1.54) is 23.9 Å². The minimum Gasteiger partial charge on any atom is -0.321 e. The van der Waals surface area contributed by atoms with Gasteiger partial charge in [0.1, 0.15) is 0 Å². The summed E-state index contributed by atoms with van der Waals surface area (Å²) in [4.78, 5) is 11.9. The maximum atomic E-state index is 10.4. The van der Waals surface area contributed by atoms with Gasteiger partial charge in [-0.2, -0.15) is 0 Å². The van der Waals surface area contributed by atoms with E-state index in [-0.39, 0.29) is 5.69 Å². The molecule has 0 radical (unpaired) electrons. The smallest absolute Gasteiger partial charge is 0.269 e. The third-order valence-corrected chi connectivity index (χ3v) is 3.05. The monoisotopic (exact) mass is 223 g/mol. The first-order valence-corrected chi connectivity index (χ1v) is 5.40. The van der Waals surface area contributed by atoms with Crippen molar-refractivity contribution in [3.05, 3.63) is 34.4 Å². The summed E-state index contributed by atoms with van der Waals surface area (Å²) in [5.41, 5.74) is 0.924. The molecule has 0 amide bonds. The SMILES string of the molecule is N=C1SCCN1c1ccc([N+](=O)[O-])cc1. The van der Waals surface area contributed by atoms with E-state index in [9.17, 15) is 10.1 Å². The van der Waals surface area contributed by atoms with E-state index in [2.05, 4.69) is 0 Å². The number of hydrogen-bond donors (Lipinski definition) is 1. The Balaban J connectivity index is 2.23. The molecule has 0 bridgehead atoms. The quantitative estimate of drug-likeness (QED) is 0.615. The van der Waals surface area contributed by atoms with Gasteiger partial charge in [0.05, 0.1) is 4.92 Å². The molecular weight excluding hydrogens is 214 g/mol. The van der Waals surface area contributed by atoms with Crippen LogP contribution >= 0.6 is 11.8 Å². The van der Waals surface area contributed by atoms with Crippen LogP contribution in [0.1, 0.15) is 0 Å². The zero-order chi connectivity index (χ0) is 10.8. The van der Waals surface area contributed by atoms with Crippen LogP contribution in [0.2, 0.25) is 0 Å². The molecule has 5 nitrogen and oxygen atoms in total. The lowest BCUT2D eigenvalue weighted by Crippen LogP contribution is -2.22. The van der Waals surface area contributed by atoms with Gasteiger partial charge in [-0.15, -0.1) is 0 Å². The Morgan fingerprint density at radius 2 is 2.07 bits per heavy atom. The van der Waals surface area contributed by atoms with Crippen molar-refractivity contribution in [1.29, 1.82) is 5.41 Å². The Hall–Kier alpha value is -1.56. The minimum absolute atomic E-state index is 0.0807. The molecule has 0 aromatic heterocycles. The van der Waals surface area contributed by atoms with Crippen LogP contribution in [0.3, 0.4) is 0 Å². The first kappa shape index (κ1) is 9.97. The second-order valence-corrected chi connectivity index (χ2v) is 4.16. The van der Waals surface area contributed by atoms with Crippen molar-refractivity contribution in [3.8, 4) is 0 Å². The average Bonchev–Trinajstić information content (AvgIpc) is 2.65. The molecule has 0 saturated carbocycles. The summed E-state index contributed by atoms with van der Waals surface area (Å²) in [6, 6.07) is 6.29. The highest BCUT2D eigenvalue weighted by atomic mass is 32.2. The highest BCUT2D eigenvalue weighted by Gasteiger charge is 2.19. The third kappa shape index (κ3) is 1.94. The molecule has 15 heavy (non-hydrogen) atoms. The van der Waals surface area contributed by atoms with E-state index in [1.807, 2.05) is 4.90 Å². The van der Waals surface area contributed by atoms with Gasteiger partial charge in [-0.3, -0.25) is 15.5 Å².